The van der Waals surface area contributed by atoms with Crippen LogP contribution in [0.3, 0.4) is 0 Å². The van der Waals surface area contributed by atoms with E-state index in [1.807, 2.05) is 0 Å². The van der Waals surface area contributed by atoms with E-state index in [0.29, 0.717) is 5.82 Å². The second-order valence-electron chi connectivity index (χ2n) is 4.44. The van der Waals surface area contributed by atoms with E-state index in [1.165, 1.54) is 6.33 Å². The first-order valence-electron chi connectivity index (χ1n) is 5.72. The average molecular weight is 331 g/mol. The molecule has 0 amide bonds. The monoisotopic (exact) mass is 331 g/mol. The van der Waals surface area contributed by atoms with Gasteiger partial charge >= 0.3 is 5.69 Å². The van der Waals surface area contributed by atoms with Gasteiger partial charge in [-0.15, -0.1) is 0 Å². The van der Waals surface area contributed by atoms with Gasteiger partial charge < -0.3 is 4.90 Å². The van der Waals surface area contributed by atoms with Gasteiger partial charge in [0.05, 0.1) is 11.5 Å². The molecule has 9 nitrogen and oxygen atoms in total. The lowest BCUT2D eigenvalue weighted by atomic mass is 10.4. The Bertz CT molecular complexity index is 779. The highest BCUT2D eigenvalue weighted by Gasteiger charge is 2.26. The van der Waals surface area contributed by atoms with E-state index in [0.717, 1.165) is 23.7 Å². The fraction of sp³-hybridized carbons (Fsp3) is 0.400. The predicted molar refractivity (Wildman–Crippen MR) is 77.2 cm³/mol. The van der Waals surface area contributed by atoms with Gasteiger partial charge in [0.25, 0.3) is 0 Å². The molecule has 0 spiro atoms. The summed E-state index contributed by atoms with van der Waals surface area (Å²) in [4.78, 5) is 16.1. The van der Waals surface area contributed by atoms with Crippen LogP contribution in [0.5, 0.6) is 0 Å². The molecular formula is C10H13N5O4S2. The number of aromatic nitrogens is 3. The molecule has 0 fully saturated rings. The maximum atomic E-state index is 11.6. The molecule has 11 heteroatoms. The van der Waals surface area contributed by atoms with Crippen molar-refractivity contribution in [2.24, 2.45) is 7.05 Å². The molecular weight excluding hydrogens is 318 g/mol. The normalized spacial score (nSPS) is 11.6. The van der Waals surface area contributed by atoms with E-state index in [9.17, 15) is 18.5 Å². The molecule has 0 saturated carbocycles. The molecule has 0 saturated heterocycles. The third kappa shape index (κ3) is 3.19. The lowest BCUT2D eigenvalue weighted by Gasteiger charge is -2.15. The molecule has 114 valence electrons. The summed E-state index contributed by atoms with van der Waals surface area (Å²) in [5, 5.41) is 15.3. The molecule has 2 aromatic heterocycles. The largest absolute Gasteiger partial charge is 0.353 e. The molecule has 0 radical (unpaired) electrons. The number of thiophene rings is 1. The first-order valence-corrected chi connectivity index (χ1v) is 8.43. The van der Waals surface area contributed by atoms with Gasteiger partial charge in [-0.05, 0) is 0 Å². The van der Waals surface area contributed by atoms with E-state index in [4.69, 9.17) is 0 Å². The van der Waals surface area contributed by atoms with Gasteiger partial charge in [0, 0.05) is 26.4 Å². The molecule has 0 bridgehead atoms. The maximum Gasteiger partial charge on any atom is 0.305 e. The Kier molecular flexibility index (Phi) is 3.96. The van der Waals surface area contributed by atoms with Gasteiger partial charge in [-0.2, -0.15) is 5.10 Å². The average Bonchev–Trinajstić information content (AvgIpc) is 2.95. The minimum Gasteiger partial charge on any atom is -0.353 e. The fourth-order valence-electron chi connectivity index (χ4n) is 1.68. The molecule has 0 aliphatic heterocycles. The van der Waals surface area contributed by atoms with Crippen molar-refractivity contribution in [2.45, 2.75) is 10.8 Å². The molecule has 0 aliphatic rings. The number of nitro groups is 1. The van der Waals surface area contributed by atoms with Gasteiger partial charge in [-0.1, -0.05) is 11.3 Å². The first-order chi connectivity index (χ1) is 9.70. The number of aryl methyl sites for hydroxylation is 1. The Labute approximate surface area is 124 Å². The summed E-state index contributed by atoms with van der Waals surface area (Å²) < 4.78 is 24.6. The Hall–Kier alpha value is -2.01. The van der Waals surface area contributed by atoms with Crippen LogP contribution in [0, 0.1) is 10.1 Å². The molecule has 21 heavy (non-hydrogen) atoms. The summed E-state index contributed by atoms with van der Waals surface area (Å²) in [5.41, 5.74) is -0.231. The molecule has 2 rings (SSSR count). The smallest absolute Gasteiger partial charge is 0.305 e. The highest BCUT2D eigenvalue weighted by atomic mass is 32.2. The Morgan fingerprint density at radius 1 is 1.52 bits per heavy atom. The number of sulfone groups is 1. The fourth-order valence-corrected chi connectivity index (χ4v) is 3.67. The van der Waals surface area contributed by atoms with Gasteiger partial charge in [0.1, 0.15) is 16.4 Å². The number of anilines is 1. The second kappa shape index (κ2) is 5.41. The van der Waals surface area contributed by atoms with Crippen molar-refractivity contribution in [3.63, 3.8) is 0 Å². The lowest BCUT2D eigenvalue weighted by molar-refractivity contribution is -0.383. The zero-order valence-electron chi connectivity index (χ0n) is 11.5. The van der Waals surface area contributed by atoms with Crippen molar-refractivity contribution in [3.05, 3.63) is 28.3 Å². The zero-order valence-corrected chi connectivity index (χ0v) is 13.2. The van der Waals surface area contributed by atoms with Crippen LogP contribution in [0.4, 0.5) is 10.7 Å². The van der Waals surface area contributed by atoms with Crippen LogP contribution in [0.15, 0.2) is 16.6 Å². The van der Waals surface area contributed by atoms with E-state index < -0.39 is 14.8 Å². The molecule has 0 N–H and O–H groups in total. The van der Waals surface area contributed by atoms with Crippen LogP contribution in [0.1, 0.15) is 5.82 Å². The van der Waals surface area contributed by atoms with Crippen LogP contribution >= 0.6 is 11.3 Å². The number of hydrogen-bond donors (Lipinski definition) is 0. The van der Waals surface area contributed by atoms with Crippen LogP contribution in [-0.2, 0) is 23.4 Å². The Morgan fingerprint density at radius 2 is 2.19 bits per heavy atom. The number of hydrogen-bond acceptors (Lipinski definition) is 8. The third-order valence-electron chi connectivity index (χ3n) is 2.76. The topological polar surface area (TPSA) is 111 Å². The third-order valence-corrected chi connectivity index (χ3v) is 5.80. The van der Waals surface area contributed by atoms with E-state index in [-0.39, 0.29) is 21.4 Å². The summed E-state index contributed by atoms with van der Waals surface area (Å²) >= 11 is 0.869. The summed E-state index contributed by atoms with van der Waals surface area (Å²) in [6.07, 6.45) is 2.41. The van der Waals surface area contributed by atoms with Gasteiger partial charge in [-0.3, -0.25) is 14.8 Å². The van der Waals surface area contributed by atoms with Crippen molar-refractivity contribution in [1.82, 2.24) is 14.8 Å². The molecule has 0 aliphatic carbocycles. The summed E-state index contributed by atoms with van der Waals surface area (Å²) in [7, 11) is -0.140. The van der Waals surface area contributed by atoms with Gasteiger partial charge in [0.15, 0.2) is 14.8 Å². The quantitative estimate of drug-likeness (QED) is 0.589. The molecule has 2 aromatic rings. The first kappa shape index (κ1) is 15.4. The lowest BCUT2D eigenvalue weighted by Crippen LogP contribution is -2.19. The highest BCUT2D eigenvalue weighted by Crippen LogP contribution is 2.39. The van der Waals surface area contributed by atoms with Crippen molar-refractivity contribution in [3.8, 4) is 0 Å². The Morgan fingerprint density at radius 3 is 2.67 bits per heavy atom. The molecule has 0 aromatic carbocycles. The molecule has 2 heterocycles. The summed E-state index contributed by atoms with van der Waals surface area (Å²) in [6.45, 7) is 0.279. The van der Waals surface area contributed by atoms with Crippen LogP contribution in [0.25, 0.3) is 0 Å². The predicted octanol–water partition coefficient (Wildman–Crippen LogP) is 0.825. The van der Waals surface area contributed by atoms with Crippen molar-refractivity contribution in [2.75, 3.05) is 18.2 Å². The molecule has 0 unspecified atom stereocenters. The molecule has 0 atom stereocenters. The van der Waals surface area contributed by atoms with Crippen LogP contribution in [0.2, 0.25) is 0 Å². The zero-order chi connectivity index (χ0) is 15.8. The SMILES string of the molecule is CN(Cc1ncnn1C)c1sc(S(C)(=O)=O)cc1[N+](=O)[O-]. The van der Waals surface area contributed by atoms with Crippen molar-refractivity contribution < 1.29 is 13.3 Å². The summed E-state index contributed by atoms with van der Waals surface area (Å²) in [6, 6.07) is 1.09. The van der Waals surface area contributed by atoms with Gasteiger partial charge in [0.2, 0.25) is 0 Å². The van der Waals surface area contributed by atoms with Crippen LogP contribution in [-0.4, -0.2) is 41.4 Å². The van der Waals surface area contributed by atoms with Crippen LogP contribution < -0.4 is 4.90 Å². The summed E-state index contributed by atoms with van der Waals surface area (Å²) in [5.74, 6) is 0.612. The minimum atomic E-state index is -3.49. The van der Waals surface area contributed by atoms with Crippen molar-refractivity contribution in [1.29, 1.82) is 0 Å². The van der Waals surface area contributed by atoms with E-state index in [1.54, 1.807) is 23.7 Å². The van der Waals surface area contributed by atoms with E-state index in [2.05, 4.69) is 10.1 Å². The maximum absolute atomic E-state index is 11.6. The van der Waals surface area contributed by atoms with Crippen molar-refractivity contribution >= 4 is 31.9 Å². The number of nitrogens with zero attached hydrogens (tertiary/aromatic N) is 5. The standard InChI is InChI=1S/C10H13N5O4S2/c1-13(5-8-11-6-12-14(8)2)10-7(15(16)17)4-9(20-10)21(3,18)19/h4,6H,5H2,1-3H3. The highest BCUT2D eigenvalue weighted by molar-refractivity contribution is 7.92. The Balaban J connectivity index is 2.40. The van der Waals surface area contributed by atoms with E-state index >= 15 is 0 Å². The number of rotatable bonds is 5. The second-order valence-corrected chi connectivity index (χ2v) is 7.71. The van der Waals surface area contributed by atoms with Gasteiger partial charge in [-0.25, -0.2) is 13.4 Å². The minimum absolute atomic E-state index is 0.0333.